The summed E-state index contributed by atoms with van der Waals surface area (Å²) in [6, 6.07) is 0. The van der Waals surface area contributed by atoms with Gasteiger partial charge in [0.1, 0.15) is 0 Å². The Morgan fingerprint density at radius 1 is 1.00 bits per heavy atom. The molecule has 0 radical (unpaired) electrons. The molecular formula is C19H42IN5. The summed E-state index contributed by atoms with van der Waals surface area (Å²) in [5, 5.41) is 6.91. The van der Waals surface area contributed by atoms with Gasteiger partial charge in [0.05, 0.1) is 0 Å². The molecule has 5 nitrogen and oxygen atoms in total. The molecule has 0 spiro atoms. The number of guanidine groups is 1. The fourth-order valence-corrected chi connectivity index (χ4v) is 3.17. The molecule has 1 unspecified atom stereocenters. The zero-order valence-corrected chi connectivity index (χ0v) is 19.5. The molecule has 1 rings (SSSR count). The summed E-state index contributed by atoms with van der Waals surface area (Å²) in [5.74, 6) is 2.39. The lowest BCUT2D eigenvalue weighted by Gasteiger charge is -2.35. The predicted molar refractivity (Wildman–Crippen MR) is 121 cm³/mol. The number of likely N-dealkylation sites (N-methyl/N-ethyl adjacent to an activating group) is 1. The highest BCUT2D eigenvalue weighted by molar-refractivity contribution is 14.0. The highest BCUT2D eigenvalue weighted by Gasteiger charge is 2.17. The molecule has 0 aromatic carbocycles. The van der Waals surface area contributed by atoms with Crippen molar-refractivity contribution in [3.8, 4) is 0 Å². The van der Waals surface area contributed by atoms with E-state index in [9.17, 15) is 0 Å². The maximum absolute atomic E-state index is 4.33. The fraction of sp³-hybridized carbons (Fsp3) is 0.947. The molecule has 150 valence electrons. The molecule has 25 heavy (non-hydrogen) atoms. The first-order valence-electron chi connectivity index (χ1n) is 9.94. The summed E-state index contributed by atoms with van der Waals surface area (Å²) in [4.78, 5) is 9.46. The second-order valence-corrected chi connectivity index (χ2v) is 7.61. The molecule has 1 aliphatic heterocycles. The number of rotatable bonds is 10. The van der Waals surface area contributed by atoms with Crippen LogP contribution in [0, 0.1) is 11.8 Å². The van der Waals surface area contributed by atoms with Gasteiger partial charge < -0.3 is 20.4 Å². The minimum Gasteiger partial charge on any atom is -0.356 e. The lowest BCUT2D eigenvalue weighted by molar-refractivity contribution is 0.124. The van der Waals surface area contributed by atoms with Crippen molar-refractivity contribution in [2.24, 2.45) is 16.8 Å². The van der Waals surface area contributed by atoms with Crippen LogP contribution >= 0.6 is 24.0 Å². The number of nitrogens with zero attached hydrogens (tertiary/aromatic N) is 3. The first-order valence-corrected chi connectivity index (χ1v) is 9.94. The zero-order valence-electron chi connectivity index (χ0n) is 17.2. The van der Waals surface area contributed by atoms with Gasteiger partial charge in [-0.05, 0) is 24.8 Å². The second-order valence-electron chi connectivity index (χ2n) is 7.61. The summed E-state index contributed by atoms with van der Waals surface area (Å²) in [5.41, 5.74) is 0. The quantitative estimate of drug-likeness (QED) is 0.225. The molecule has 0 aliphatic carbocycles. The first-order chi connectivity index (χ1) is 11.5. The number of piperazine rings is 1. The molecule has 6 heteroatoms. The van der Waals surface area contributed by atoms with Crippen molar-refractivity contribution in [3.63, 3.8) is 0 Å². The minimum absolute atomic E-state index is 0. The Bertz CT molecular complexity index is 341. The summed E-state index contributed by atoms with van der Waals surface area (Å²) in [6.07, 6.45) is 3.83. The van der Waals surface area contributed by atoms with Crippen LogP contribution in [0.25, 0.3) is 0 Å². The molecule has 0 amide bonds. The normalized spacial score (nSPS) is 18.1. The zero-order chi connectivity index (χ0) is 17.8. The van der Waals surface area contributed by atoms with Crippen LogP contribution in [0.1, 0.15) is 47.0 Å². The van der Waals surface area contributed by atoms with Crippen molar-refractivity contribution in [3.05, 3.63) is 0 Å². The Morgan fingerprint density at radius 3 is 2.20 bits per heavy atom. The third-order valence-corrected chi connectivity index (χ3v) is 4.82. The molecule has 0 bridgehead atoms. The van der Waals surface area contributed by atoms with E-state index in [0.717, 1.165) is 25.0 Å². The molecule has 0 saturated carbocycles. The van der Waals surface area contributed by atoms with Gasteiger partial charge in [0, 0.05) is 52.9 Å². The SMILES string of the molecule is CCN1CCN(CC(C)CNC(=NC)NCCCCC(C)C)CC1.I. The maximum atomic E-state index is 4.33. The van der Waals surface area contributed by atoms with E-state index in [1.807, 2.05) is 7.05 Å². The van der Waals surface area contributed by atoms with Gasteiger partial charge in [0.2, 0.25) is 0 Å². The van der Waals surface area contributed by atoms with Gasteiger partial charge >= 0.3 is 0 Å². The second kappa shape index (κ2) is 15.0. The lowest BCUT2D eigenvalue weighted by atomic mass is 10.1. The number of nitrogens with one attached hydrogen (secondary N) is 2. The Kier molecular flexibility index (Phi) is 15.0. The van der Waals surface area contributed by atoms with E-state index in [1.165, 1.54) is 58.5 Å². The molecule has 1 heterocycles. The Labute approximate surface area is 173 Å². The van der Waals surface area contributed by atoms with Gasteiger partial charge in [0.25, 0.3) is 0 Å². The Balaban J connectivity index is 0.00000576. The van der Waals surface area contributed by atoms with Gasteiger partial charge in [0.15, 0.2) is 5.96 Å². The van der Waals surface area contributed by atoms with Crippen LogP contribution in [0.5, 0.6) is 0 Å². The van der Waals surface area contributed by atoms with Crippen molar-refractivity contribution < 1.29 is 0 Å². The molecule has 0 aromatic rings. The molecule has 1 atom stereocenters. The predicted octanol–water partition coefficient (Wildman–Crippen LogP) is 2.87. The van der Waals surface area contributed by atoms with Crippen molar-refractivity contribution in [2.75, 3.05) is 59.4 Å². The average Bonchev–Trinajstić information content (AvgIpc) is 2.57. The van der Waals surface area contributed by atoms with E-state index in [1.54, 1.807) is 0 Å². The van der Waals surface area contributed by atoms with Crippen molar-refractivity contribution >= 4 is 29.9 Å². The minimum atomic E-state index is 0. The van der Waals surface area contributed by atoms with Crippen LogP contribution in [-0.2, 0) is 0 Å². The smallest absolute Gasteiger partial charge is 0.190 e. The third-order valence-electron chi connectivity index (χ3n) is 4.82. The number of unbranched alkanes of at least 4 members (excludes halogenated alkanes) is 1. The third kappa shape index (κ3) is 12.0. The van der Waals surface area contributed by atoms with E-state index < -0.39 is 0 Å². The summed E-state index contributed by atoms with van der Waals surface area (Å²) >= 11 is 0. The van der Waals surface area contributed by atoms with E-state index in [2.05, 4.69) is 53.1 Å². The van der Waals surface area contributed by atoms with Crippen molar-refractivity contribution in [1.82, 2.24) is 20.4 Å². The van der Waals surface area contributed by atoms with Crippen LogP contribution in [0.3, 0.4) is 0 Å². The summed E-state index contributed by atoms with van der Waals surface area (Å²) in [6.45, 7) is 18.4. The van der Waals surface area contributed by atoms with Crippen LogP contribution in [-0.4, -0.2) is 75.2 Å². The monoisotopic (exact) mass is 467 g/mol. The number of aliphatic imine (C=N–C) groups is 1. The average molecular weight is 467 g/mol. The van der Waals surface area contributed by atoms with Crippen LogP contribution in [0.2, 0.25) is 0 Å². The van der Waals surface area contributed by atoms with Gasteiger partial charge in [-0.25, -0.2) is 0 Å². The summed E-state index contributed by atoms with van der Waals surface area (Å²) < 4.78 is 0. The Hall–Kier alpha value is -0.0800. The van der Waals surface area contributed by atoms with Crippen LogP contribution in [0.4, 0.5) is 0 Å². The first kappa shape index (κ1) is 24.9. The van der Waals surface area contributed by atoms with Gasteiger partial charge in [-0.1, -0.05) is 40.5 Å². The fourth-order valence-electron chi connectivity index (χ4n) is 3.17. The van der Waals surface area contributed by atoms with Crippen molar-refractivity contribution in [1.29, 1.82) is 0 Å². The highest BCUT2D eigenvalue weighted by Crippen LogP contribution is 2.06. The topological polar surface area (TPSA) is 42.9 Å². The molecule has 1 fully saturated rings. The lowest BCUT2D eigenvalue weighted by Crippen LogP contribution is -2.48. The van der Waals surface area contributed by atoms with E-state index in [4.69, 9.17) is 0 Å². The molecular weight excluding hydrogens is 425 g/mol. The van der Waals surface area contributed by atoms with Gasteiger partial charge in [-0.15, -0.1) is 24.0 Å². The Morgan fingerprint density at radius 2 is 1.64 bits per heavy atom. The van der Waals surface area contributed by atoms with E-state index in [-0.39, 0.29) is 24.0 Å². The largest absolute Gasteiger partial charge is 0.356 e. The standard InChI is InChI=1S/C19H41N5.HI/c1-6-23-11-13-24(14-12-23)16-18(4)15-22-19(20-5)21-10-8-7-9-17(2)3;/h17-18H,6-16H2,1-5H3,(H2,20,21,22);1H. The molecule has 1 aliphatic rings. The van der Waals surface area contributed by atoms with Crippen LogP contribution < -0.4 is 10.6 Å². The highest BCUT2D eigenvalue weighted by atomic mass is 127. The van der Waals surface area contributed by atoms with Gasteiger partial charge in [-0.3, -0.25) is 4.99 Å². The van der Waals surface area contributed by atoms with E-state index >= 15 is 0 Å². The number of halogens is 1. The van der Waals surface area contributed by atoms with Crippen molar-refractivity contribution in [2.45, 2.75) is 47.0 Å². The maximum Gasteiger partial charge on any atom is 0.190 e. The molecule has 1 saturated heterocycles. The molecule has 2 N–H and O–H groups in total. The molecule has 0 aromatic heterocycles. The van der Waals surface area contributed by atoms with E-state index in [0.29, 0.717) is 5.92 Å². The number of hydrogen-bond acceptors (Lipinski definition) is 3. The van der Waals surface area contributed by atoms with Crippen LogP contribution in [0.15, 0.2) is 4.99 Å². The van der Waals surface area contributed by atoms with Gasteiger partial charge in [-0.2, -0.15) is 0 Å². The number of hydrogen-bond donors (Lipinski definition) is 2. The summed E-state index contributed by atoms with van der Waals surface area (Å²) in [7, 11) is 1.86.